The number of aryl methyl sites for hydroxylation is 1. The molecule has 0 spiro atoms. The van der Waals surface area contributed by atoms with Crippen molar-refractivity contribution in [2.45, 2.75) is 11.3 Å². The van der Waals surface area contributed by atoms with Crippen molar-refractivity contribution in [3.8, 4) is 0 Å². The number of nitrogens with one attached hydrogen (secondary N) is 2. The third kappa shape index (κ3) is 5.75. The van der Waals surface area contributed by atoms with Crippen molar-refractivity contribution in [2.24, 2.45) is 0 Å². The molecule has 0 saturated carbocycles. The summed E-state index contributed by atoms with van der Waals surface area (Å²) in [7, 11) is 0. The SMILES string of the molecule is Cc1ccc(C(=O)Nc2nnc(SCC(=O)Nc3ccc(Cl)cc3)s2)cc1[N+](=O)[O-]. The molecule has 2 aromatic carbocycles. The van der Waals surface area contributed by atoms with Gasteiger partial charge in [0.25, 0.3) is 11.6 Å². The molecule has 30 heavy (non-hydrogen) atoms. The van der Waals surface area contributed by atoms with Gasteiger partial charge in [-0.3, -0.25) is 25.0 Å². The second kappa shape index (κ2) is 9.65. The average molecular weight is 464 g/mol. The molecule has 0 aliphatic rings. The van der Waals surface area contributed by atoms with E-state index in [1.54, 1.807) is 31.2 Å². The Balaban J connectivity index is 1.55. The van der Waals surface area contributed by atoms with Crippen molar-refractivity contribution in [1.29, 1.82) is 0 Å². The smallest absolute Gasteiger partial charge is 0.273 e. The zero-order valence-corrected chi connectivity index (χ0v) is 17.8. The summed E-state index contributed by atoms with van der Waals surface area (Å²) >= 11 is 8.07. The summed E-state index contributed by atoms with van der Waals surface area (Å²) in [5, 5.41) is 24.9. The zero-order valence-electron chi connectivity index (χ0n) is 15.4. The van der Waals surface area contributed by atoms with Crippen LogP contribution in [0.1, 0.15) is 15.9 Å². The van der Waals surface area contributed by atoms with Gasteiger partial charge in [-0.05, 0) is 37.3 Å². The van der Waals surface area contributed by atoms with Gasteiger partial charge in [-0.1, -0.05) is 40.8 Å². The number of anilines is 2. The van der Waals surface area contributed by atoms with Crippen LogP contribution in [0.5, 0.6) is 0 Å². The van der Waals surface area contributed by atoms with Gasteiger partial charge in [-0.25, -0.2) is 0 Å². The van der Waals surface area contributed by atoms with Gasteiger partial charge in [0.1, 0.15) is 0 Å². The molecule has 2 amide bonds. The number of carbonyl (C=O) groups excluding carboxylic acids is 2. The van der Waals surface area contributed by atoms with Crippen molar-refractivity contribution in [1.82, 2.24) is 10.2 Å². The van der Waals surface area contributed by atoms with E-state index < -0.39 is 10.8 Å². The first-order valence-electron chi connectivity index (χ1n) is 8.40. The lowest BCUT2D eigenvalue weighted by Gasteiger charge is -2.04. The molecule has 0 saturated heterocycles. The van der Waals surface area contributed by atoms with E-state index in [0.29, 0.717) is 20.6 Å². The molecule has 12 heteroatoms. The molecule has 154 valence electrons. The molecule has 0 aliphatic heterocycles. The Bertz CT molecular complexity index is 1100. The predicted molar refractivity (Wildman–Crippen MR) is 117 cm³/mol. The summed E-state index contributed by atoms with van der Waals surface area (Å²) in [6, 6.07) is 10.9. The van der Waals surface area contributed by atoms with Crippen LogP contribution in [0.2, 0.25) is 5.02 Å². The maximum absolute atomic E-state index is 12.3. The monoisotopic (exact) mass is 463 g/mol. The normalized spacial score (nSPS) is 10.5. The topological polar surface area (TPSA) is 127 Å². The van der Waals surface area contributed by atoms with E-state index in [1.165, 1.54) is 30.0 Å². The molecule has 1 heterocycles. The molecule has 0 atom stereocenters. The molecule has 2 N–H and O–H groups in total. The van der Waals surface area contributed by atoms with E-state index in [1.807, 2.05) is 0 Å². The highest BCUT2D eigenvalue weighted by Gasteiger charge is 2.17. The number of benzene rings is 2. The van der Waals surface area contributed by atoms with Gasteiger partial charge in [-0.2, -0.15) is 0 Å². The van der Waals surface area contributed by atoms with E-state index >= 15 is 0 Å². The predicted octanol–water partition coefficient (Wildman–Crippen LogP) is 4.39. The van der Waals surface area contributed by atoms with E-state index in [2.05, 4.69) is 20.8 Å². The minimum atomic E-state index is -0.541. The molecule has 1 aromatic heterocycles. The Morgan fingerprint density at radius 2 is 1.90 bits per heavy atom. The van der Waals surface area contributed by atoms with Gasteiger partial charge in [0.05, 0.1) is 10.7 Å². The third-order valence-electron chi connectivity index (χ3n) is 3.75. The molecule has 9 nitrogen and oxygen atoms in total. The highest BCUT2D eigenvalue weighted by Crippen LogP contribution is 2.26. The summed E-state index contributed by atoms with van der Waals surface area (Å²) in [6.45, 7) is 1.59. The van der Waals surface area contributed by atoms with Crippen molar-refractivity contribution >= 4 is 63.0 Å². The fourth-order valence-electron chi connectivity index (χ4n) is 2.29. The first-order valence-corrected chi connectivity index (χ1v) is 10.6. The highest BCUT2D eigenvalue weighted by atomic mass is 35.5. The number of nitro groups is 1. The summed E-state index contributed by atoms with van der Waals surface area (Å²) < 4.78 is 0.492. The number of nitro benzene ring substituents is 1. The van der Waals surface area contributed by atoms with Gasteiger partial charge < -0.3 is 5.32 Å². The fourth-order valence-corrected chi connectivity index (χ4v) is 3.97. The number of hydrogen-bond acceptors (Lipinski definition) is 8. The second-order valence-electron chi connectivity index (χ2n) is 5.93. The molecule has 0 radical (unpaired) electrons. The Hall–Kier alpha value is -3.02. The van der Waals surface area contributed by atoms with E-state index in [-0.39, 0.29) is 28.0 Å². The van der Waals surface area contributed by atoms with E-state index in [0.717, 1.165) is 11.3 Å². The maximum atomic E-state index is 12.3. The van der Waals surface area contributed by atoms with E-state index in [4.69, 9.17) is 11.6 Å². The van der Waals surface area contributed by atoms with Crippen LogP contribution in [0, 0.1) is 17.0 Å². The number of amides is 2. The zero-order chi connectivity index (χ0) is 21.7. The summed E-state index contributed by atoms with van der Waals surface area (Å²) in [6.07, 6.45) is 0. The van der Waals surface area contributed by atoms with Crippen molar-refractivity contribution in [3.63, 3.8) is 0 Å². The van der Waals surface area contributed by atoms with Gasteiger partial charge in [-0.15, -0.1) is 10.2 Å². The van der Waals surface area contributed by atoms with Crippen LogP contribution >= 0.6 is 34.7 Å². The van der Waals surface area contributed by atoms with Crippen molar-refractivity contribution in [2.75, 3.05) is 16.4 Å². The van der Waals surface area contributed by atoms with Crippen LogP contribution in [-0.2, 0) is 4.79 Å². The van der Waals surface area contributed by atoms with E-state index in [9.17, 15) is 19.7 Å². The highest BCUT2D eigenvalue weighted by molar-refractivity contribution is 8.01. The van der Waals surface area contributed by atoms with Gasteiger partial charge in [0.2, 0.25) is 11.0 Å². The van der Waals surface area contributed by atoms with Gasteiger partial charge in [0.15, 0.2) is 4.34 Å². The van der Waals surface area contributed by atoms with Gasteiger partial charge in [0, 0.05) is 27.9 Å². The van der Waals surface area contributed by atoms with Crippen LogP contribution in [-0.4, -0.2) is 32.7 Å². The Morgan fingerprint density at radius 3 is 2.60 bits per heavy atom. The van der Waals surface area contributed by atoms with Crippen LogP contribution in [0.4, 0.5) is 16.5 Å². The molecular formula is C18H14ClN5O4S2. The molecule has 0 bridgehead atoms. The molecule has 3 rings (SSSR count). The quantitative estimate of drug-likeness (QED) is 0.230. The summed E-state index contributed by atoms with van der Waals surface area (Å²) in [5.41, 5.74) is 1.09. The molecule has 0 unspecified atom stereocenters. The standard InChI is InChI=1S/C18H14ClN5O4S2/c1-10-2-3-11(8-14(10)24(27)28)16(26)21-17-22-23-18(30-17)29-9-15(25)20-13-6-4-12(19)5-7-13/h2-8H,9H2,1H3,(H,20,25)(H,21,22,26). The molecule has 3 aromatic rings. The van der Waals surface area contributed by atoms with Crippen LogP contribution in [0.25, 0.3) is 0 Å². The largest absolute Gasteiger partial charge is 0.325 e. The first-order chi connectivity index (χ1) is 14.3. The Kier molecular flexibility index (Phi) is 6.98. The summed E-state index contributed by atoms with van der Waals surface area (Å²) in [4.78, 5) is 34.8. The fraction of sp³-hybridized carbons (Fsp3) is 0.111. The lowest BCUT2D eigenvalue weighted by atomic mass is 10.1. The van der Waals surface area contributed by atoms with Gasteiger partial charge >= 0.3 is 0 Å². The third-order valence-corrected chi connectivity index (χ3v) is 5.97. The molecular weight excluding hydrogens is 450 g/mol. The van der Waals surface area contributed by atoms with Crippen LogP contribution in [0.3, 0.4) is 0 Å². The average Bonchev–Trinajstić information content (AvgIpc) is 3.15. The number of halogens is 1. The molecule has 0 fully saturated rings. The number of nitrogens with zero attached hydrogens (tertiary/aromatic N) is 3. The minimum Gasteiger partial charge on any atom is -0.325 e. The lowest BCUT2D eigenvalue weighted by molar-refractivity contribution is -0.385. The summed E-state index contributed by atoms with van der Waals surface area (Å²) in [5.74, 6) is -0.656. The molecule has 0 aliphatic carbocycles. The number of hydrogen-bond donors (Lipinski definition) is 2. The number of thioether (sulfide) groups is 1. The number of aromatic nitrogens is 2. The number of rotatable bonds is 7. The first kappa shape index (κ1) is 21.7. The Labute approximate surface area is 184 Å². The lowest BCUT2D eigenvalue weighted by Crippen LogP contribution is -2.13. The Morgan fingerprint density at radius 1 is 1.17 bits per heavy atom. The second-order valence-corrected chi connectivity index (χ2v) is 8.57. The van der Waals surface area contributed by atoms with Crippen molar-refractivity contribution in [3.05, 3.63) is 68.7 Å². The number of carbonyl (C=O) groups is 2. The minimum absolute atomic E-state index is 0.107. The van der Waals surface area contributed by atoms with Crippen LogP contribution < -0.4 is 10.6 Å². The maximum Gasteiger partial charge on any atom is 0.273 e. The van der Waals surface area contributed by atoms with Crippen LogP contribution in [0.15, 0.2) is 46.8 Å². The van der Waals surface area contributed by atoms with Crippen molar-refractivity contribution < 1.29 is 14.5 Å².